The second-order valence-corrected chi connectivity index (χ2v) is 9.92. The zero-order valence-corrected chi connectivity index (χ0v) is 18.7. The van der Waals surface area contributed by atoms with E-state index in [0.29, 0.717) is 23.9 Å². The highest BCUT2D eigenvalue weighted by Gasteiger charge is 2.33. The highest BCUT2D eigenvalue weighted by atomic mass is 32.2. The Hall–Kier alpha value is -2.78. The number of esters is 1. The molecule has 3 aromatic rings. The van der Waals surface area contributed by atoms with Crippen LogP contribution < -0.4 is 0 Å². The maximum absolute atomic E-state index is 14.1. The minimum absolute atomic E-state index is 0.0191. The maximum atomic E-state index is 14.1. The van der Waals surface area contributed by atoms with E-state index in [2.05, 4.69) is 0 Å². The first kappa shape index (κ1) is 22.4. The van der Waals surface area contributed by atoms with Gasteiger partial charge in [0.25, 0.3) is 0 Å². The van der Waals surface area contributed by atoms with Gasteiger partial charge in [-0.15, -0.1) is 0 Å². The predicted molar refractivity (Wildman–Crippen MR) is 116 cm³/mol. The lowest BCUT2D eigenvalue weighted by Crippen LogP contribution is -2.39. The van der Waals surface area contributed by atoms with E-state index in [-0.39, 0.29) is 23.9 Å². The first-order valence-electron chi connectivity index (χ1n) is 10.3. The number of ether oxygens (including phenoxy) is 1. The number of rotatable bonds is 5. The molecule has 0 radical (unpaired) electrons. The fourth-order valence-electron chi connectivity index (χ4n) is 4.55. The monoisotopic (exact) mass is 462 g/mol. The number of carbonyl (C=O) groups is 1. The number of aromatic nitrogens is 1. The molecule has 0 saturated carbocycles. The van der Waals surface area contributed by atoms with Gasteiger partial charge in [0.1, 0.15) is 18.2 Å². The van der Waals surface area contributed by atoms with Gasteiger partial charge >= 0.3 is 5.97 Å². The number of halogens is 2. The summed E-state index contributed by atoms with van der Waals surface area (Å²) in [6.07, 6.45) is 1.35. The fraction of sp³-hybridized carbons (Fsp3) is 0.348. The molecule has 4 rings (SSSR count). The van der Waals surface area contributed by atoms with E-state index in [4.69, 9.17) is 4.74 Å². The number of hydrogen-bond donors (Lipinski definition) is 0. The summed E-state index contributed by atoms with van der Waals surface area (Å²) in [7, 11) is -2.49. The first-order valence-corrected chi connectivity index (χ1v) is 11.8. The second kappa shape index (κ2) is 8.63. The molecule has 1 unspecified atom stereocenters. The van der Waals surface area contributed by atoms with Gasteiger partial charge in [-0.1, -0.05) is 0 Å². The van der Waals surface area contributed by atoms with Crippen molar-refractivity contribution in [1.82, 2.24) is 8.87 Å². The lowest BCUT2D eigenvalue weighted by Gasteiger charge is -2.32. The lowest BCUT2D eigenvalue weighted by molar-refractivity contribution is -0.141. The first-order chi connectivity index (χ1) is 15.2. The van der Waals surface area contributed by atoms with Gasteiger partial charge in [-0.25, -0.2) is 17.2 Å². The molecule has 1 saturated heterocycles. The molecule has 0 spiro atoms. The van der Waals surface area contributed by atoms with Crippen LogP contribution in [0.4, 0.5) is 8.78 Å². The molecule has 1 aromatic heterocycles. The van der Waals surface area contributed by atoms with Gasteiger partial charge in [0.15, 0.2) is 0 Å². The predicted octanol–water partition coefficient (Wildman–Crippen LogP) is 3.97. The number of hydrogen-bond acceptors (Lipinski definition) is 4. The zero-order chi connectivity index (χ0) is 23.0. The fourth-order valence-corrected chi connectivity index (χ4v) is 6.07. The standard InChI is InChI=1S/C23H24F2N2O4S/c1-15-23(20-12-18(25)7-10-21(20)27(15)14-22(28)31-2)16-4-3-11-26(13-16)32(29,30)19-8-5-17(24)6-9-19/h5-10,12,16H,3-4,11,13-14H2,1-2H3. The Labute approximate surface area is 185 Å². The van der Waals surface area contributed by atoms with Crippen LogP contribution in [0.5, 0.6) is 0 Å². The van der Waals surface area contributed by atoms with Crippen LogP contribution in [0.25, 0.3) is 10.9 Å². The highest BCUT2D eigenvalue weighted by molar-refractivity contribution is 7.89. The molecule has 2 aromatic carbocycles. The Bertz CT molecular complexity index is 1270. The molecule has 0 aliphatic carbocycles. The van der Waals surface area contributed by atoms with Gasteiger partial charge in [-0.3, -0.25) is 4.79 Å². The van der Waals surface area contributed by atoms with Crippen molar-refractivity contribution in [1.29, 1.82) is 0 Å². The molecule has 1 atom stereocenters. The third-order valence-corrected chi connectivity index (χ3v) is 7.97. The van der Waals surface area contributed by atoms with Gasteiger partial charge in [-0.05, 0) is 67.8 Å². The Morgan fingerprint density at radius 2 is 1.81 bits per heavy atom. The van der Waals surface area contributed by atoms with Gasteiger partial charge in [0.2, 0.25) is 10.0 Å². The van der Waals surface area contributed by atoms with Crippen molar-refractivity contribution >= 4 is 26.9 Å². The number of methoxy groups -OCH3 is 1. The SMILES string of the molecule is COC(=O)Cn1c(C)c(C2CCCN(S(=O)(=O)c3ccc(F)cc3)C2)c2cc(F)ccc21. The molecule has 0 bridgehead atoms. The van der Waals surface area contributed by atoms with Crippen LogP contribution in [0, 0.1) is 18.6 Å². The zero-order valence-electron chi connectivity index (χ0n) is 17.8. The Kier molecular flexibility index (Phi) is 6.05. The Morgan fingerprint density at radius 3 is 2.50 bits per heavy atom. The van der Waals surface area contributed by atoms with E-state index in [1.807, 2.05) is 6.92 Å². The van der Waals surface area contributed by atoms with Gasteiger partial charge in [0, 0.05) is 35.6 Å². The number of benzene rings is 2. The van der Waals surface area contributed by atoms with Crippen LogP contribution in [0.15, 0.2) is 47.4 Å². The molecule has 0 N–H and O–H groups in total. The summed E-state index contributed by atoms with van der Waals surface area (Å²) in [4.78, 5) is 12.0. The summed E-state index contributed by atoms with van der Waals surface area (Å²) in [5.41, 5.74) is 2.31. The van der Waals surface area contributed by atoms with Crippen molar-refractivity contribution in [3.63, 3.8) is 0 Å². The number of sulfonamides is 1. The summed E-state index contributed by atoms with van der Waals surface area (Å²) < 4.78 is 61.7. The minimum atomic E-state index is -3.80. The quantitative estimate of drug-likeness (QED) is 0.538. The Balaban J connectivity index is 1.74. The van der Waals surface area contributed by atoms with Crippen molar-refractivity contribution in [2.45, 2.75) is 37.1 Å². The number of fused-ring (bicyclic) bond motifs is 1. The molecule has 9 heteroatoms. The van der Waals surface area contributed by atoms with Crippen molar-refractivity contribution in [3.05, 3.63) is 65.4 Å². The third-order valence-electron chi connectivity index (χ3n) is 6.09. The normalized spacial score (nSPS) is 17.6. The second-order valence-electron chi connectivity index (χ2n) is 7.98. The van der Waals surface area contributed by atoms with Crippen LogP contribution in [0.3, 0.4) is 0 Å². The largest absolute Gasteiger partial charge is 0.468 e. The van der Waals surface area contributed by atoms with E-state index in [1.165, 1.54) is 35.7 Å². The molecular weight excluding hydrogens is 438 g/mol. The Morgan fingerprint density at radius 1 is 1.12 bits per heavy atom. The summed E-state index contributed by atoms with van der Waals surface area (Å²) in [5.74, 6) is -1.51. The van der Waals surface area contributed by atoms with Crippen LogP contribution in [0.2, 0.25) is 0 Å². The maximum Gasteiger partial charge on any atom is 0.325 e. The molecule has 32 heavy (non-hydrogen) atoms. The van der Waals surface area contributed by atoms with Crippen LogP contribution in [-0.4, -0.2) is 43.5 Å². The average molecular weight is 463 g/mol. The average Bonchev–Trinajstić information content (AvgIpc) is 3.04. The molecule has 2 heterocycles. The molecule has 1 aliphatic rings. The van der Waals surface area contributed by atoms with Gasteiger partial charge in [-0.2, -0.15) is 4.31 Å². The summed E-state index contributed by atoms with van der Waals surface area (Å²) in [5, 5.41) is 0.664. The summed E-state index contributed by atoms with van der Waals surface area (Å²) >= 11 is 0. The lowest BCUT2D eigenvalue weighted by atomic mass is 9.89. The number of nitrogens with zero attached hydrogens (tertiary/aromatic N) is 2. The molecule has 6 nitrogen and oxygen atoms in total. The van der Waals surface area contributed by atoms with Crippen molar-refractivity contribution in [3.8, 4) is 0 Å². The third kappa shape index (κ3) is 4.02. The summed E-state index contributed by atoms with van der Waals surface area (Å²) in [6.45, 7) is 2.40. The van der Waals surface area contributed by atoms with E-state index < -0.39 is 27.6 Å². The topological polar surface area (TPSA) is 68.6 Å². The highest BCUT2D eigenvalue weighted by Crippen LogP contribution is 2.38. The van der Waals surface area contributed by atoms with Gasteiger partial charge in [0.05, 0.1) is 12.0 Å². The van der Waals surface area contributed by atoms with Crippen LogP contribution in [0.1, 0.15) is 30.0 Å². The van der Waals surface area contributed by atoms with Crippen molar-refractivity contribution in [2.24, 2.45) is 0 Å². The van der Waals surface area contributed by atoms with Gasteiger partial charge < -0.3 is 9.30 Å². The van der Waals surface area contributed by atoms with E-state index >= 15 is 0 Å². The van der Waals surface area contributed by atoms with Crippen LogP contribution >= 0.6 is 0 Å². The van der Waals surface area contributed by atoms with E-state index in [9.17, 15) is 22.0 Å². The minimum Gasteiger partial charge on any atom is -0.468 e. The smallest absolute Gasteiger partial charge is 0.325 e. The van der Waals surface area contributed by atoms with E-state index in [1.54, 1.807) is 10.6 Å². The molecule has 0 amide bonds. The summed E-state index contributed by atoms with van der Waals surface area (Å²) in [6, 6.07) is 9.17. The number of piperidine rings is 1. The van der Waals surface area contributed by atoms with Crippen LogP contribution in [-0.2, 0) is 26.1 Å². The van der Waals surface area contributed by atoms with Crippen molar-refractivity contribution < 1.29 is 26.7 Å². The molecule has 1 fully saturated rings. The van der Waals surface area contributed by atoms with Crippen molar-refractivity contribution in [2.75, 3.05) is 20.2 Å². The molecule has 170 valence electrons. The van der Waals surface area contributed by atoms with E-state index in [0.717, 1.165) is 29.8 Å². The number of carbonyl (C=O) groups excluding carboxylic acids is 1. The molecular formula is C23H24F2N2O4S. The molecule has 1 aliphatic heterocycles.